The van der Waals surface area contributed by atoms with Crippen LogP contribution in [0.15, 0.2) is 0 Å². The molecule has 0 aromatic heterocycles. The number of rotatable bonds is 6. The van der Waals surface area contributed by atoms with Gasteiger partial charge in [-0.05, 0) is 57.1 Å². The van der Waals surface area contributed by atoms with Gasteiger partial charge in [0, 0.05) is 6.26 Å². The maximum atomic E-state index is 5.70. The topological polar surface area (TPSA) is 35.2 Å². The van der Waals surface area contributed by atoms with E-state index in [-0.39, 0.29) is 4.93 Å². The lowest BCUT2D eigenvalue weighted by Crippen LogP contribution is -2.31. The Balaban J connectivity index is 4.22. The third-order valence-corrected chi connectivity index (χ3v) is 7.22. The molecule has 0 aliphatic heterocycles. The molecule has 0 radical (unpaired) electrons. The summed E-state index contributed by atoms with van der Waals surface area (Å²) in [5, 5.41) is 0. The first-order chi connectivity index (χ1) is 5.87. The SMILES string of the molecule is CSOC(C)(C)S(C)(C)CCCN. The van der Waals surface area contributed by atoms with Gasteiger partial charge in [0.1, 0.15) is 4.93 Å². The molecule has 0 bridgehead atoms. The molecule has 0 amide bonds. The van der Waals surface area contributed by atoms with Crippen LogP contribution in [-0.2, 0) is 4.18 Å². The van der Waals surface area contributed by atoms with Crippen LogP contribution in [0, 0.1) is 0 Å². The molecule has 0 aromatic rings. The minimum Gasteiger partial charge on any atom is -0.330 e. The quantitative estimate of drug-likeness (QED) is 0.705. The van der Waals surface area contributed by atoms with E-state index in [1.165, 1.54) is 17.8 Å². The van der Waals surface area contributed by atoms with Gasteiger partial charge in [0.05, 0.1) is 0 Å². The summed E-state index contributed by atoms with van der Waals surface area (Å²) in [5.74, 6) is 1.19. The standard InChI is InChI=1S/C9H23NOS2/c1-9(2,11-12-3)13(4,5)8-6-7-10/h6-8,10H2,1-5H3. The van der Waals surface area contributed by atoms with Crippen LogP contribution in [-0.4, -0.2) is 36.0 Å². The van der Waals surface area contributed by atoms with Crippen LogP contribution in [0.2, 0.25) is 0 Å². The Bertz CT molecular complexity index is 149. The first kappa shape index (κ1) is 13.6. The fraction of sp³-hybridized carbons (Fsp3) is 1.00. The summed E-state index contributed by atoms with van der Waals surface area (Å²) in [6, 6.07) is 0. The number of nitrogens with two attached hydrogens (primary N) is 1. The Hall–Kier alpha value is 0.620. The summed E-state index contributed by atoms with van der Waals surface area (Å²) in [6.45, 7) is 5.14. The second-order valence-electron chi connectivity index (χ2n) is 4.03. The van der Waals surface area contributed by atoms with Gasteiger partial charge in [0.2, 0.25) is 0 Å². The highest BCUT2D eigenvalue weighted by atomic mass is 32.3. The molecular formula is C9H23NOS2. The number of hydrogen-bond acceptors (Lipinski definition) is 3. The molecule has 0 fully saturated rings. The van der Waals surface area contributed by atoms with Crippen molar-refractivity contribution in [1.29, 1.82) is 0 Å². The van der Waals surface area contributed by atoms with Crippen molar-refractivity contribution in [1.82, 2.24) is 0 Å². The fourth-order valence-electron chi connectivity index (χ4n) is 0.983. The van der Waals surface area contributed by atoms with Crippen molar-refractivity contribution in [2.24, 2.45) is 5.73 Å². The first-order valence-corrected chi connectivity index (χ1v) is 8.27. The van der Waals surface area contributed by atoms with E-state index >= 15 is 0 Å². The number of hydrogen-bond donors (Lipinski definition) is 1. The largest absolute Gasteiger partial charge is 0.330 e. The molecule has 82 valence electrons. The second-order valence-corrected chi connectivity index (χ2v) is 9.00. The fourth-order valence-corrected chi connectivity index (χ4v) is 3.70. The summed E-state index contributed by atoms with van der Waals surface area (Å²) in [6.07, 6.45) is 7.71. The van der Waals surface area contributed by atoms with Crippen molar-refractivity contribution < 1.29 is 4.18 Å². The van der Waals surface area contributed by atoms with E-state index in [2.05, 4.69) is 26.4 Å². The van der Waals surface area contributed by atoms with Crippen molar-refractivity contribution in [3.05, 3.63) is 0 Å². The van der Waals surface area contributed by atoms with Gasteiger partial charge in [-0.25, -0.2) is 10.0 Å². The lowest BCUT2D eigenvalue weighted by atomic mass is 10.5. The minimum absolute atomic E-state index is 0.0123. The van der Waals surface area contributed by atoms with Crippen molar-refractivity contribution in [2.75, 3.05) is 31.1 Å². The molecule has 13 heavy (non-hydrogen) atoms. The zero-order valence-electron chi connectivity index (χ0n) is 9.42. The van der Waals surface area contributed by atoms with E-state index in [0.29, 0.717) is 0 Å². The molecule has 0 unspecified atom stereocenters. The molecular weight excluding hydrogens is 202 g/mol. The Morgan fingerprint density at radius 2 is 1.92 bits per heavy atom. The summed E-state index contributed by atoms with van der Waals surface area (Å²) in [5.41, 5.74) is 5.52. The molecule has 0 heterocycles. The summed E-state index contributed by atoms with van der Waals surface area (Å²) >= 11 is 1.46. The summed E-state index contributed by atoms with van der Waals surface area (Å²) in [4.78, 5) is -0.0123. The van der Waals surface area contributed by atoms with Crippen molar-refractivity contribution in [3.63, 3.8) is 0 Å². The second kappa shape index (κ2) is 5.49. The van der Waals surface area contributed by atoms with Crippen molar-refractivity contribution in [2.45, 2.75) is 25.2 Å². The van der Waals surface area contributed by atoms with Crippen LogP contribution in [0.4, 0.5) is 0 Å². The third-order valence-electron chi connectivity index (χ3n) is 2.47. The van der Waals surface area contributed by atoms with E-state index < -0.39 is 10.0 Å². The average Bonchev–Trinajstić information content (AvgIpc) is 2.00. The zero-order valence-corrected chi connectivity index (χ0v) is 11.1. The predicted octanol–water partition coefficient (Wildman–Crippen LogP) is 2.43. The van der Waals surface area contributed by atoms with Gasteiger partial charge in [-0.15, -0.1) is 0 Å². The summed E-state index contributed by atoms with van der Waals surface area (Å²) in [7, 11) is -0.707. The van der Waals surface area contributed by atoms with Gasteiger partial charge in [-0.3, -0.25) is 0 Å². The molecule has 0 saturated carbocycles. The molecule has 0 spiro atoms. The van der Waals surface area contributed by atoms with Gasteiger partial charge in [-0.1, -0.05) is 0 Å². The van der Waals surface area contributed by atoms with E-state index in [4.69, 9.17) is 9.92 Å². The van der Waals surface area contributed by atoms with Crippen LogP contribution < -0.4 is 5.73 Å². The summed E-state index contributed by atoms with van der Waals surface area (Å²) < 4.78 is 5.70. The monoisotopic (exact) mass is 225 g/mol. The molecule has 0 aliphatic rings. The maximum Gasteiger partial charge on any atom is 0.107 e. The molecule has 0 aromatic carbocycles. The van der Waals surface area contributed by atoms with Crippen molar-refractivity contribution in [3.8, 4) is 0 Å². The Kier molecular flexibility index (Phi) is 5.75. The molecule has 2 N–H and O–H groups in total. The highest BCUT2D eigenvalue weighted by molar-refractivity contribution is 8.33. The molecule has 4 heteroatoms. The van der Waals surface area contributed by atoms with Crippen molar-refractivity contribution >= 4 is 22.1 Å². The highest BCUT2D eigenvalue weighted by Crippen LogP contribution is 2.54. The highest BCUT2D eigenvalue weighted by Gasteiger charge is 2.33. The molecule has 0 aliphatic carbocycles. The Labute approximate surface area is 88.5 Å². The van der Waals surface area contributed by atoms with E-state index in [1.54, 1.807) is 0 Å². The van der Waals surface area contributed by atoms with E-state index in [0.717, 1.165) is 13.0 Å². The Morgan fingerprint density at radius 3 is 2.31 bits per heavy atom. The van der Waals surface area contributed by atoms with Gasteiger partial charge in [-0.2, -0.15) is 0 Å². The molecule has 0 atom stereocenters. The van der Waals surface area contributed by atoms with Gasteiger partial charge >= 0.3 is 0 Å². The van der Waals surface area contributed by atoms with Crippen LogP contribution in [0.1, 0.15) is 20.3 Å². The van der Waals surface area contributed by atoms with Crippen LogP contribution in [0.5, 0.6) is 0 Å². The maximum absolute atomic E-state index is 5.70. The first-order valence-electron chi connectivity index (χ1n) is 4.50. The van der Waals surface area contributed by atoms with E-state index in [9.17, 15) is 0 Å². The Morgan fingerprint density at radius 1 is 1.38 bits per heavy atom. The average molecular weight is 225 g/mol. The van der Waals surface area contributed by atoms with Gasteiger partial charge in [0.25, 0.3) is 0 Å². The normalized spacial score (nSPS) is 14.6. The van der Waals surface area contributed by atoms with Crippen LogP contribution in [0.3, 0.4) is 0 Å². The minimum atomic E-state index is -0.707. The molecule has 0 saturated heterocycles. The smallest absolute Gasteiger partial charge is 0.107 e. The molecule has 0 rings (SSSR count). The third kappa shape index (κ3) is 4.11. The van der Waals surface area contributed by atoms with Gasteiger partial charge < -0.3 is 9.92 Å². The van der Waals surface area contributed by atoms with Crippen LogP contribution in [0.25, 0.3) is 0 Å². The van der Waals surface area contributed by atoms with Crippen LogP contribution >= 0.6 is 22.1 Å². The lowest BCUT2D eigenvalue weighted by Gasteiger charge is -2.45. The zero-order chi connectivity index (χ0) is 10.5. The van der Waals surface area contributed by atoms with E-state index in [1.807, 2.05) is 6.26 Å². The lowest BCUT2D eigenvalue weighted by molar-refractivity contribution is 0.245. The molecule has 2 nitrogen and oxygen atoms in total. The predicted molar refractivity (Wildman–Crippen MR) is 66.7 cm³/mol. The van der Waals surface area contributed by atoms with Gasteiger partial charge in [0.15, 0.2) is 0 Å².